The first-order chi connectivity index (χ1) is 9.05. The largest absolute Gasteiger partial charge is 0.330 e. The van der Waals surface area contributed by atoms with E-state index in [1.165, 1.54) is 10.5 Å². The summed E-state index contributed by atoms with van der Waals surface area (Å²) in [5.74, 6) is 0. The molecule has 1 aromatic heterocycles. The van der Waals surface area contributed by atoms with Crippen LogP contribution in [0.15, 0.2) is 17.3 Å². The molecule has 6 nitrogen and oxygen atoms in total. The van der Waals surface area contributed by atoms with Crippen LogP contribution in [-0.2, 0) is 16.6 Å². The third-order valence-electron chi connectivity index (χ3n) is 3.72. The standard InChI is InChI=1S/C12H22N4O2S/c1-15(11-5-2-3-6-11)19(17,18)12-9-14-16(10-12)8-4-7-13/h9-11H,2-8,13H2,1H3. The summed E-state index contributed by atoms with van der Waals surface area (Å²) in [4.78, 5) is 0.277. The van der Waals surface area contributed by atoms with Crippen molar-refractivity contribution in [3.63, 3.8) is 0 Å². The monoisotopic (exact) mass is 286 g/mol. The highest BCUT2D eigenvalue weighted by molar-refractivity contribution is 7.89. The number of aryl methyl sites for hydroxylation is 1. The predicted molar refractivity (Wildman–Crippen MR) is 73.1 cm³/mol. The van der Waals surface area contributed by atoms with E-state index in [1.807, 2.05) is 0 Å². The number of rotatable bonds is 6. The summed E-state index contributed by atoms with van der Waals surface area (Å²) in [6.45, 7) is 1.23. The average molecular weight is 286 g/mol. The molecule has 7 heteroatoms. The molecule has 108 valence electrons. The van der Waals surface area contributed by atoms with E-state index in [-0.39, 0.29) is 10.9 Å². The van der Waals surface area contributed by atoms with Gasteiger partial charge in [-0.3, -0.25) is 4.68 Å². The smallest absolute Gasteiger partial charge is 0.246 e. The molecular weight excluding hydrogens is 264 g/mol. The van der Waals surface area contributed by atoms with Gasteiger partial charge in [-0.1, -0.05) is 12.8 Å². The average Bonchev–Trinajstić information content (AvgIpc) is 3.06. The summed E-state index contributed by atoms with van der Waals surface area (Å²) >= 11 is 0. The summed E-state index contributed by atoms with van der Waals surface area (Å²) in [5.41, 5.74) is 5.43. The van der Waals surface area contributed by atoms with Gasteiger partial charge in [0.2, 0.25) is 10.0 Å². The Kier molecular flexibility index (Phi) is 4.59. The highest BCUT2D eigenvalue weighted by Crippen LogP contribution is 2.26. The molecule has 1 aromatic rings. The third kappa shape index (κ3) is 3.16. The van der Waals surface area contributed by atoms with E-state index in [0.717, 1.165) is 32.1 Å². The van der Waals surface area contributed by atoms with Gasteiger partial charge in [0, 0.05) is 25.8 Å². The Bertz CT molecular complexity index is 506. The van der Waals surface area contributed by atoms with E-state index < -0.39 is 10.0 Å². The number of hydrogen-bond acceptors (Lipinski definition) is 4. The van der Waals surface area contributed by atoms with Crippen LogP contribution in [0.3, 0.4) is 0 Å². The quantitative estimate of drug-likeness (QED) is 0.838. The summed E-state index contributed by atoms with van der Waals surface area (Å²) in [6, 6.07) is 0.136. The maximum Gasteiger partial charge on any atom is 0.246 e. The number of nitrogens with zero attached hydrogens (tertiary/aromatic N) is 3. The van der Waals surface area contributed by atoms with Crippen molar-refractivity contribution < 1.29 is 8.42 Å². The fourth-order valence-corrected chi connectivity index (χ4v) is 3.85. The summed E-state index contributed by atoms with van der Waals surface area (Å²) in [7, 11) is -1.74. The molecule has 19 heavy (non-hydrogen) atoms. The molecular formula is C12H22N4O2S. The van der Waals surface area contributed by atoms with Crippen LogP contribution in [0, 0.1) is 0 Å². The molecule has 0 aromatic carbocycles. The van der Waals surface area contributed by atoms with Crippen LogP contribution in [0.25, 0.3) is 0 Å². The van der Waals surface area contributed by atoms with Crippen LogP contribution >= 0.6 is 0 Å². The minimum Gasteiger partial charge on any atom is -0.330 e. The molecule has 0 spiro atoms. The first-order valence-corrected chi connectivity index (χ1v) is 8.20. The van der Waals surface area contributed by atoms with Crippen LogP contribution in [0.4, 0.5) is 0 Å². The van der Waals surface area contributed by atoms with E-state index >= 15 is 0 Å². The van der Waals surface area contributed by atoms with E-state index in [2.05, 4.69) is 5.10 Å². The lowest BCUT2D eigenvalue weighted by Crippen LogP contribution is -2.35. The Morgan fingerprint density at radius 2 is 2.16 bits per heavy atom. The van der Waals surface area contributed by atoms with Gasteiger partial charge in [0.05, 0.1) is 6.20 Å². The lowest BCUT2D eigenvalue weighted by Gasteiger charge is -2.22. The minimum atomic E-state index is -3.41. The van der Waals surface area contributed by atoms with Gasteiger partial charge in [-0.2, -0.15) is 9.40 Å². The van der Waals surface area contributed by atoms with Crippen molar-refractivity contribution >= 4 is 10.0 Å². The fourth-order valence-electron chi connectivity index (χ4n) is 2.48. The Balaban J connectivity index is 2.12. The zero-order chi connectivity index (χ0) is 13.9. The summed E-state index contributed by atoms with van der Waals surface area (Å²) in [5, 5.41) is 4.08. The normalized spacial score (nSPS) is 17.4. The maximum atomic E-state index is 12.5. The third-order valence-corrected chi connectivity index (χ3v) is 5.58. The molecule has 0 radical (unpaired) electrons. The summed E-state index contributed by atoms with van der Waals surface area (Å²) < 4.78 is 28.1. The Labute approximate surface area is 114 Å². The molecule has 1 aliphatic rings. The van der Waals surface area contributed by atoms with E-state index in [0.29, 0.717) is 13.1 Å². The van der Waals surface area contributed by atoms with Gasteiger partial charge in [0.1, 0.15) is 4.90 Å². The molecule has 0 saturated heterocycles. The lowest BCUT2D eigenvalue weighted by atomic mass is 10.3. The van der Waals surface area contributed by atoms with Crippen LogP contribution in [-0.4, -0.2) is 42.1 Å². The van der Waals surface area contributed by atoms with E-state index in [4.69, 9.17) is 5.73 Å². The number of nitrogens with two attached hydrogens (primary N) is 1. The number of hydrogen-bond donors (Lipinski definition) is 1. The topological polar surface area (TPSA) is 81.2 Å². The molecule has 2 rings (SSSR count). The van der Waals surface area contributed by atoms with Crippen molar-refractivity contribution in [3.8, 4) is 0 Å². The highest BCUT2D eigenvalue weighted by Gasteiger charge is 2.30. The molecule has 1 heterocycles. The van der Waals surface area contributed by atoms with Crippen LogP contribution in [0.1, 0.15) is 32.1 Å². The van der Waals surface area contributed by atoms with E-state index in [1.54, 1.807) is 17.9 Å². The molecule has 1 aliphatic carbocycles. The molecule has 1 saturated carbocycles. The zero-order valence-electron chi connectivity index (χ0n) is 11.3. The Hall–Kier alpha value is -0.920. The Morgan fingerprint density at radius 3 is 2.79 bits per heavy atom. The van der Waals surface area contributed by atoms with E-state index in [9.17, 15) is 8.42 Å². The zero-order valence-corrected chi connectivity index (χ0v) is 12.1. The van der Waals surface area contributed by atoms with Gasteiger partial charge in [0.25, 0.3) is 0 Å². The predicted octanol–water partition coefficient (Wildman–Crippen LogP) is 0.795. The molecule has 1 fully saturated rings. The van der Waals surface area contributed by atoms with Gasteiger partial charge < -0.3 is 5.73 Å². The van der Waals surface area contributed by atoms with Crippen molar-refractivity contribution in [2.24, 2.45) is 5.73 Å². The number of sulfonamides is 1. The van der Waals surface area contributed by atoms with Crippen LogP contribution in [0.2, 0.25) is 0 Å². The van der Waals surface area contributed by atoms with Crippen molar-refractivity contribution in [2.75, 3.05) is 13.6 Å². The molecule has 0 bridgehead atoms. The van der Waals surface area contributed by atoms with Crippen molar-refractivity contribution in [2.45, 2.75) is 49.6 Å². The molecule has 0 atom stereocenters. The second kappa shape index (κ2) is 6.02. The number of aromatic nitrogens is 2. The fraction of sp³-hybridized carbons (Fsp3) is 0.750. The van der Waals surface area contributed by atoms with Gasteiger partial charge in [0.15, 0.2) is 0 Å². The van der Waals surface area contributed by atoms with Crippen molar-refractivity contribution in [1.29, 1.82) is 0 Å². The summed E-state index contributed by atoms with van der Waals surface area (Å²) in [6.07, 6.45) is 7.95. The maximum absolute atomic E-state index is 12.5. The first kappa shape index (κ1) is 14.5. The van der Waals surface area contributed by atoms with Gasteiger partial charge >= 0.3 is 0 Å². The Morgan fingerprint density at radius 1 is 1.47 bits per heavy atom. The van der Waals surface area contributed by atoms with Gasteiger partial charge in [-0.05, 0) is 25.8 Å². The second-order valence-electron chi connectivity index (χ2n) is 5.04. The SMILES string of the molecule is CN(C1CCCC1)S(=O)(=O)c1cnn(CCCN)c1. The van der Waals surface area contributed by atoms with Gasteiger partial charge in [-0.25, -0.2) is 8.42 Å². The molecule has 0 aliphatic heterocycles. The van der Waals surface area contributed by atoms with Gasteiger partial charge in [-0.15, -0.1) is 0 Å². The first-order valence-electron chi connectivity index (χ1n) is 6.76. The van der Waals surface area contributed by atoms with Crippen LogP contribution < -0.4 is 5.73 Å². The molecule has 2 N–H and O–H groups in total. The van der Waals surface area contributed by atoms with Crippen molar-refractivity contribution in [1.82, 2.24) is 14.1 Å². The molecule has 0 unspecified atom stereocenters. The van der Waals surface area contributed by atoms with Crippen LogP contribution in [0.5, 0.6) is 0 Å². The highest BCUT2D eigenvalue weighted by atomic mass is 32.2. The minimum absolute atomic E-state index is 0.136. The molecule has 0 amide bonds. The lowest BCUT2D eigenvalue weighted by molar-refractivity contribution is 0.373. The second-order valence-corrected chi connectivity index (χ2v) is 7.04. The van der Waals surface area contributed by atoms with Crippen molar-refractivity contribution in [3.05, 3.63) is 12.4 Å².